The number of aromatic nitrogens is 3. The Morgan fingerprint density at radius 1 is 1.14 bits per heavy atom. The molecule has 0 saturated heterocycles. The largest absolute Gasteiger partial charge is 0.480 e. The Hall–Kier alpha value is -2.22. The SMILES string of the molecule is CNC(c1ccc(C(F)(F)F)cn1)c1nccnc1OC. The lowest BCUT2D eigenvalue weighted by molar-refractivity contribution is -0.137. The minimum absolute atomic E-state index is 0.290. The molecule has 21 heavy (non-hydrogen) atoms. The van der Waals surface area contributed by atoms with Crippen molar-refractivity contribution in [3.63, 3.8) is 0 Å². The van der Waals surface area contributed by atoms with Crippen LogP contribution in [0.3, 0.4) is 0 Å². The van der Waals surface area contributed by atoms with Crippen LogP contribution in [-0.4, -0.2) is 29.1 Å². The predicted molar refractivity (Wildman–Crippen MR) is 68.7 cm³/mol. The van der Waals surface area contributed by atoms with E-state index in [1.807, 2.05) is 0 Å². The standard InChI is InChI=1S/C13H13F3N4O/c1-17-10(11-12(21-2)19-6-5-18-11)9-4-3-8(7-20-9)13(14,15)16/h3-7,10,17H,1-2H3. The third kappa shape index (κ3) is 3.27. The molecule has 0 fully saturated rings. The van der Waals surface area contributed by atoms with Gasteiger partial charge in [-0.3, -0.25) is 9.97 Å². The van der Waals surface area contributed by atoms with Gasteiger partial charge in [0.25, 0.3) is 0 Å². The second-order valence-corrected chi connectivity index (χ2v) is 4.14. The quantitative estimate of drug-likeness (QED) is 0.937. The average molecular weight is 298 g/mol. The van der Waals surface area contributed by atoms with Crippen LogP contribution in [0.15, 0.2) is 30.7 Å². The van der Waals surface area contributed by atoms with Crippen molar-refractivity contribution in [1.29, 1.82) is 0 Å². The predicted octanol–water partition coefficient (Wildman–Crippen LogP) is 2.21. The van der Waals surface area contributed by atoms with Gasteiger partial charge in [-0.15, -0.1) is 0 Å². The highest BCUT2D eigenvalue weighted by Crippen LogP contribution is 2.30. The van der Waals surface area contributed by atoms with Crippen LogP contribution in [-0.2, 0) is 6.18 Å². The van der Waals surface area contributed by atoms with Gasteiger partial charge in [0.2, 0.25) is 5.88 Å². The molecule has 112 valence electrons. The normalized spacial score (nSPS) is 13.0. The summed E-state index contributed by atoms with van der Waals surface area (Å²) >= 11 is 0. The van der Waals surface area contributed by atoms with E-state index in [9.17, 15) is 13.2 Å². The van der Waals surface area contributed by atoms with Crippen LogP contribution < -0.4 is 10.1 Å². The van der Waals surface area contributed by atoms with Gasteiger partial charge in [-0.2, -0.15) is 13.2 Å². The summed E-state index contributed by atoms with van der Waals surface area (Å²) in [7, 11) is 3.10. The first-order chi connectivity index (χ1) is 9.97. The lowest BCUT2D eigenvalue weighted by atomic mass is 10.1. The fraction of sp³-hybridized carbons (Fsp3) is 0.308. The van der Waals surface area contributed by atoms with E-state index in [1.165, 1.54) is 25.6 Å². The molecule has 2 aromatic rings. The maximum atomic E-state index is 12.5. The van der Waals surface area contributed by atoms with Gasteiger partial charge in [-0.1, -0.05) is 0 Å². The van der Waals surface area contributed by atoms with E-state index in [1.54, 1.807) is 7.05 Å². The molecule has 1 N–H and O–H groups in total. The Labute approximate surface area is 119 Å². The van der Waals surface area contributed by atoms with Crippen molar-refractivity contribution >= 4 is 0 Å². The van der Waals surface area contributed by atoms with Crippen LogP contribution in [0, 0.1) is 0 Å². The summed E-state index contributed by atoms with van der Waals surface area (Å²) in [6.07, 6.45) is -0.672. The highest BCUT2D eigenvalue weighted by molar-refractivity contribution is 5.30. The topological polar surface area (TPSA) is 59.9 Å². The van der Waals surface area contributed by atoms with Crippen molar-refractivity contribution in [2.24, 2.45) is 0 Å². The van der Waals surface area contributed by atoms with Crippen molar-refractivity contribution in [2.45, 2.75) is 12.2 Å². The molecular weight excluding hydrogens is 285 g/mol. The summed E-state index contributed by atoms with van der Waals surface area (Å²) in [4.78, 5) is 12.0. The molecule has 2 heterocycles. The maximum absolute atomic E-state index is 12.5. The van der Waals surface area contributed by atoms with Crippen LogP contribution >= 0.6 is 0 Å². The highest BCUT2D eigenvalue weighted by Gasteiger charge is 2.31. The van der Waals surface area contributed by atoms with Crippen molar-refractivity contribution in [2.75, 3.05) is 14.2 Å². The van der Waals surface area contributed by atoms with Gasteiger partial charge in [0.1, 0.15) is 5.69 Å². The second kappa shape index (κ2) is 6.04. The minimum Gasteiger partial charge on any atom is -0.480 e. The first kappa shape index (κ1) is 15.2. The van der Waals surface area contributed by atoms with E-state index < -0.39 is 17.8 Å². The van der Waals surface area contributed by atoms with Gasteiger partial charge in [-0.25, -0.2) is 4.98 Å². The number of hydrogen-bond acceptors (Lipinski definition) is 5. The third-order valence-corrected chi connectivity index (χ3v) is 2.86. The summed E-state index contributed by atoms with van der Waals surface area (Å²) in [5.74, 6) is 0.290. The molecule has 0 bridgehead atoms. The first-order valence-corrected chi connectivity index (χ1v) is 6.02. The molecule has 2 aromatic heterocycles. The zero-order valence-corrected chi connectivity index (χ0v) is 11.3. The van der Waals surface area contributed by atoms with Crippen LogP contribution in [0.4, 0.5) is 13.2 Å². The summed E-state index contributed by atoms with van der Waals surface area (Å²) in [5, 5.41) is 2.94. The maximum Gasteiger partial charge on any atom is 0.417 e. The molecule has 0 aliphatic carbocycles. The van der Waals surface area contributed by atoms with Gasteiger partial charge in [-0.05, 0) is 19.2 Å². The van der Waals surface area contributed by atoms with Crippen molar-refractivity contribution in [1.82, 2.24) is 20.3 Å². The molecule has 2 rings (SSSR count). The second-order valence-electron chi connectivity index (χ2n) is 4.14. The molecule has 5 nitrogen and oxygen atoms in total. The van der Waals surface area contributed by atoms with Gasteiger partial charge in [0.05, 0.1) is 24.4 Å². The van der Waals surface area contributed by atoms with E-state index in [-0.39, 0.29) is 0 Å². The van der Waals surface area contributed by atoms with Gasteiger partial charge in [0.15, 0.2) is 0 Å². The molecule has 0 amide bonds. The number of pyridine rings is 1. The fourth-order valence-corrected chi connectivity index (χ4v) is 1.86. The van der Waals surface area contributed by atoms with Crippen LogP contribution in [0.1, 0.15) is 23.0 Å². The number of nitrogens with one attached hydrogen (secondary N) is 1. The van der Waals surface area contributed by atoms with Gasteiger partial charge < -0.3 is 10.1 Å². The van der Waals surface area contributed by atoms with Crippen molar-refractivity contribution < 1.29 is 17.9 Å². The highest BCUT2D eigenvalue weighted by atomic mass is 19.4. The fourth-order valence-electron chi connectivity index (χ4n) is 1.86. The molecule has 0 saturated carbocycles. The lowest BCUT2D eigenvalue weighted by Gasteiger charge is -2.17. The molecule has 0 aromatic carbocycles. The van der Waals surface area contributed by atoms with Crippen LogP contribution in [0.2, 0.25) is 0 Å². The van der Waals surface area contributed by atoms with E-state index >= 15 is 0 Å². The Morgan fingerprint density at radius 2 is 1.86 bits per heavy atom. The molecule has 1 unspecified atom stereocenters. The first-order valence-electron chi connectivity index (χ1n) is 6.02. The molecule has 0 radical (unpaired) electrons. The number of nitrogens with zero attached hydrogens (tertiary/aromatic N) is 3. The zero-order chi connectivity index (χ0) is 15.5. The molecule has 0 aliphatic rings. The van der Waals surface area contributed by atoms with Gasteiger partial charge >= 0.3 is 6.18 Å². The van der Waals surface area contributed by atoms with E-state index in [0.717, 1.165) is 12.3 Å². The molecule has 1 atom stereocenters. The summed E-state index contributed by atoms with van der Waals surface area (Å²) in [6.45, 7) is 0. The number of halogens is 3. The van der Waals surface area contributed by atoms with Crippen molar-refractivity contribution in [3.8, 4) is 5.88 Å². The molecule has 8 heteroatoms. The monoisotopic (exact) mass is 298 g/mol. The van der Waals surface area contributed by atoms with Crippen LogP contribution in [0.5, 0.6) is 5.88 Å². The van der Waals surface area contributed by atoms with Gasteiger partial charge in [0, 0.05) is 18.6 Å². The summed E-state index contributed by atoms with van der Waals surface area (Å²) < 4.78 is 42.7. The number of alkyl halides is 3. The summed E-state index contributed by atoms with van der Waals surface area (Å²) in [5.41, 5.74) is 0.0475. The van der Waals surface area contributed by atoms with Crippen LogP contribution in [0.25, 0.3) is 0 Å². The Bertz CT molecular complexity index is 601. The Morgan fingerprint density at radius 3 is 2.38 bits per heavy atom. The molecule has 0 aliphatic heterocycles. The number of rotatable bonds is 4. The number of methoxy groups -OCH3 is 1. The van der Waals surface area contributed by atoms with E-state index in [0.29, 0.717) is 17.3 Å². The Balaban J connectivity index is 2.38. The molecular formula is C13H13F3N4O. The zero-order valence-electron chi connectivity index (χ0n) is 11.3. The summed E-state index contributed by atoms with van der Waals surface area (Å²) in [6, 6.07) is 1.77. The number of hydrogen-bond donors (Lipinski definition) is 1. The smallest absolute Gasteiger partial charge is 0.417 e. The average Bonchev–Trinajstić information content (AvgIpc) is 2.48. The van der Waals surface area contributed by atoms with E-state index in [2.05, 4.69) is 20.3 Å². The van der Waals surface area contributed by atoms with E-state index in [4.69, 9.17) is 4.74 Å². The lowest BCUT2D eigenvalue weighted by Crippen LogP contribution is -2.21. The number of ether oxygens (including phenoxy) is 1. The minimum atomic E-state index is -4.41. The Kier molecular flexibility index (Phi) is 4.37. The third-order valence-electron chi connectivity index (χ3n) is 2.86. The molecule has 0 spiro atoms. The van der Waals surface area contributed by atoms with Crippen molar-refractivity contribution in [3.05, 3.63) is 47.7 Å².